The van der Waals surface area contributed by atoms with Crippen LogP contribution in [0.3, 0.4) is 0 Å². The zero-order chi connectivity index (χ0) is 33.9. The van der Waals surface area contributed by atoms with Crippen LogP contribution in [-0.2, 0) is 6.42 Å². The van der Waals surface area contributed by atoms with Crippen molar-refractivity contribution in [2.24, 2.45) is 5.73 Å². The zero-order valence-corrected chi connectivity index (χ0v) is 28.0. The average Bonchev–Trinajstić information content (AvgIpc) is 3.50. The molecule has 0 bridgehead atoms. The lowest BCUT2D eigenvalue weighted by Gasteiger charge is -2.26. The van der Waals surface area contributed by atoms with Crippen molar-refractivity contribution >= 4 is 44.3 Å². The summed E-state index contributed by atoms with van der Waals surface area (Å²) in [6.45, 7) is 4.47. The SMILES string of the molecule is C=C1/C=C\C=C/N(/C(N)=C/C(=C\Cc2ccccc2)c2ccccc2)c2ccc(-c3ccc4c(c3)c3ccccc3n4C3=CC=CCC3)cc21. The van der Waals surface area contributed by atoms with Gasteiger partial charge in [-0.1, -0.05) is 128 Å². The highest BCUT2D eigenvalue weighted by Gasteiger charge is 2.18. The van der Waals surface area contributed by atoms with Crippen LogP contribution in [0.5, 0.6) is 0 Å². The summed E-state index contributed by atoms with van der Waals surface area (Å²) in [5.41, 5.74) is 19.5. The first-order valence-corrected chi connectivity index (χ1v) is 17.3. The number of para-hydroxylation sites is 1. The third-order valence-electron chi connectivity index (χ3n) is 9.62. The second-order valence-corrected chi connectivity index (χ2v) is 12.8. The predicted molar refractivity (Wildman–Crippen MR) is 214 cm³/mol. The maximum absolute atomic E-state index is 6.99. The molecule has 0 spiro atoms. The van der Waals surface area contributed by atoms with Crippen LogP contribution in [0.4, 0.5) is 5.69 Å². The van der Waals surface area contributed by atoms with Gasteiger partial charge in [0.2, 0.25) is 0 Å². The molecule has 0 fully saturated rings. The van der Waals surface area contributed by atoms with E-state index in [1.807, 2.05) is 30.5 Å². The molecule has 0 unspecified atom stereocenters. The molecule has 1 aromatic heterocycles. The molecule has 0 saturated carbocycles. The molecule has 50 heavy (non-hydrogen) atoms. The lowest BCUT2D eigenvalue weighted by Crippen LogP contribution is -2.23. The van der Waals surface area contributed by atoms with Crippen molar-refractivity contribution in [2.75, 3.05) is 4.90 Å². The average molecular weight is 646 g/mol. The number of aromatic nitrogens is 1. The maximum Gasteiger partial charge on any atom is 0.108 e. The summed E-state index contributed by atoms with van der Waals surface area (Å²) >= 11 is 0. The third kappa shape index (κ3) is 6.06. The van der Waals surface area contributed by atoms with E-state index in [2.05, 4.69) is 162 Å². The molecular weight excluding hydrogens is 607 g/mol. The van der Waals surface area contributed by atoms with Crippen molar-refractivity contribution in [2.45, 2.75) is 19.3 Å². The number of benzene rings is 5. The predicted octanol–water partition coefficient (Wildman–Crippen LogP) is 11.7. The first kappa shape index (κ1) is 31.0. The molecule has 0 radical (unpaired) electrons. The monoisotopic (exact) mass is 645 g/mol. The van der Waals surface area contributed by atoms with E-state index in [4.69, 9.17) is 5.73 Å². The van der Waals surface area contributed by atoms with Gasteiger partial charge in [0, 0.05) is 28.2 Å². The highest BCUT2D eigenvalue weighted by Crippen LogP contribution is 2.39. The van der Waals surface area contributed by atoms with Crippen molar-refractivity contribution in [3.8, 4) is 11.1 Å². The third-order valence-corrected chi connectivity index (χ3v) is 9.62. The van der Waals surface area contributed by atoms with Gasteiger partial charge < -0.3 is 15.2 Å². The Morgan fingerprint density at radius 2 is 1.48 bits per heavy atom. The van der Waals surface area contributed by atoms with Crippen molar-refractivity contribution in [1.29, 1.82) is 0 Å². The minimum atomic E-state index is 0.627. The molecular formula is C47H39N3. The maximum atomic E-state index is 6.99. The van der Waals surface area contributed by atoms with Gasteiger partial charge in [0.05, 0.1) is 16.7 Å². The van der Waals surface area contributed by atoms with Gasteiger partial charge in [-0.2, -0.15) is 0 Å². The number of anilines is 1. The second-order valence-electron chi connectivity index (χ2n) is 12.8. The van der Waals surface area contributed by atoms with Gasteiger partial charge in [0.25, 0.3) is 0 Å². The summed E-state index contributed by atoms with van der Waals surface area (Å²) in [5, 5.41) is 2.52. The topological polar surface area (TPSA) is 34.2 Å². The molecule has 1 aliphatic heterocycles. The van der Waals surface area contributed by atoms with Crippen molar-refractivity contribution in [3.63, 3.8) is 0 Å². The number of rotatable bonds is 7. The number of allylic oxidation sites excluding steroid dienone is 11. The largest absolute Gasteiger partial charge is 0.385 e. The fourth-order valence-electron chi connectivity index (χ4n) is 7.09. The van der Waals surface area contributed by atoms with E-state index in [0.29, 0.717) is 5.82 Å². The Bertz CT molecular complexity index is 2410. The van der Waals surface area contributed by atoms with E-state index >= 15 is 0 Å². The van der Waals surface area contributed by atoms with Crippen LogP contribution >= 0.6 is 0 Å². The second kappa shape index (κ2) is 13.7. The van der Waals surface area contributed by atoms with Gasteiger partial charge in [-0.3, -0.25) is 0 Å². The summed E-state index contributed by atoms with van der Waals surface area (Å²) in [6.07, 6.45) is 22.0. The number of nitrogens with two attached hydrogens (primary N) is 1. The Morgan fingerprint density at radius 1 is 0.740 bits per heavy atom. The lowest BCUT2D eigenvalue weighted by atomic mass is 9.95. The van der Waals surface area contributed by atoms with E-state index in [0.717, 1.165) is 52.8 Å². The summed E-state index contributed by atoms with van der Waals surface area (Å²) in [7, 11) is 0. The van der Waals surface area contributed by atoms with Crippen LogP contribution in [0.25, 0.3) is 49.8 Å². The first-order valence-electron chi connectivity index (χ1n) is 17.3. The molecule has 8 rings (SSSR count). The van der Waals surface area contributed by atoms with Gasteiger partial charge in [-0.25, -0.2) is 0 Å². The Morgan fingerprint density at radius 3 is 2.30 bits per heavy atom. The zero-order valence-electron chi connectivity index (χ0n) is 28.0. The quantitative estimate of drug-likeness (QED) is 0.175. The normalized spacial score (nSPS) is 16.2. The molecule has 0 amide bonds. The molecule has 2 N–H and O–H groups in total. The van der Waals surface area contributed by atoms with Gasteiger partial charge in [0.1, 0.15) is 5.82 Å². The molecule has 3 heteroatoms. The van der Waals surface area contributed by atoms with Gasteiger partial charge in [-0.15, -0.1) is 0 Å². The molecule has 6 aromatic rings. The van der Waals surface area contributed by atoms with Gasteiger partial charge in [-0.05, 0) is 101 Å². The van der Waals surface area contributed by atoms with Crippen LogP contribution in [0, 0.1) is 0 Å². The fraction of sp³-hybridized carbons (Fsp3) is 0.0638. The van der Waals surface area contributed by atoms with Crippen LogP contribution in [0.15, 0.2) is 189 Å². The molecule has 1 aliphatic carbocycles. The van der Waals surface area contributed by atoms with Gasteiger partial charge in [0.15, 0.2) is 0 Å². The summed E-state index contributed by atoms with van der Waals surface area (Å²) in [4.78, 5) is 2.07. The minimum Gasteiger partial charge on any atom is -0.385 e. The summed E-state index contributed by atoms with van der Waals surface area (Å²) in [6, 6.07) is 43.2. The fourth-order valence-corrected chi connectivity index (χ4v) is 7.09. The van der Waals surface area contributed by atoms with E-state index in [1.165, 1.54) is 38.6 Å². The van der Waals surface area contributed by atoms with Crippen LogP contribution in [-0.4, -0.2) is 4.57 Å². The lowest BCUT2D eigenvalue weighted by molar-refractivity contribution is 0.979. The van der Waals surface area contributed by atoms with E-state index < -0.39 is 0 Å². The first-order chi connectivity index (χ1) is 24.6. The van der Waals surface area contributed by atoms with E-state index in [-0.39, 0.29) is 0 Å². The Kier molecular flexibility index (Phi) is 8.46. The van der Waals surface area contributed by atoms with Crippen molar-refractivity contribution < 1.29 is 0 Å². The number of fused-ring (bicyclic) bond motifs is 4. The van der Waals surface area contributed by atoms with E-state index in [9.17, 15) is 0 Å². The molecule has 3 nitrogen and oxygen atoms in total. The molecule has 2 aliphatic rings. The Labute approximate surface area is 294 Å². The van der Waals surface area contributed by atoms with Crippen molar-refractivity contribution in [3.05, 3.63) is 205 Å². The number of hydrogen-bond acceptors (Lipinski definition) is 2. The smallest absolute Gasteiger partial charge is 0.108 e. The molecule has 242 valence electrons. The number of nitrogens with zero attached hydrogens (tertiary/aromatic N) is 2. The highest BCUT2D eigenvalue weighted by atomic mass is 15.2. The van der Waals surface area contributed by atoms with Crippen LogP contribution < -0.4 is 10.6 Å². The van der Waals surface area contributed by atoms with E-state index in [1.54, 1.807) is 0 Å². The molecule has 0 saturated heterocycles. The number of hydrogen-bond donors (Lipinski definition) is 1. The summed E-state index contributed by atoms with van der Waals surface area (Å²) < 4.78 is 2.43. The summed E-state index contributed by atoms with van der Waals surface area (Å²) in [5.74, 6) is 0.627. The molecule has 5 aromatic carbocycles. The van der Waals surface area contributed by atoms with Crippen LogP contribution in [0.2, 0.25) is 0 Å². The highest BCUT2D eigenvalue weighted by molar-refractivity contribution is 6.11. The standard InChI is InChI=1S/C47H39N3/c1-34-15-13-14-30-49(47(48)33-39(36-18-7-3-8-19-36)25-24-35-16-5-2-6-17-35)44-28-26-37(31-42(34)44)38-27-29-46-43(32-38)41-22-11-12-23-45(41)50(46)40-20-9-4-10-21-40/h2-9,11-20,22-23,25-33H,1,10,21,24,48H2/b15-13-,30-14-,39-25+,47-33+. The molecule has 2 heterocycles. The molecule has 0 atom stereocenters. The van der Waals surface area contributed by atoms with Crippen LogP contribution in [0.1, 0.15) is 29.5 Å². The van der Waals surface area contributed by atoms with Crippen molar-refractivity contribution in [1.82, 2.24) is 4.57 Å². The Hall–Kier alpha value is -6.32. The minimum absolute atomic E-state index is 0.627. The Balaban J connectivity index is 1.19. The van der Waals surface area contributed by atoms with Gasteiger partial charge >= 0.3 is 0 Å².